The summed E-state index contributed by atoms with van der Waals surface area (Å²) in [5.41, 5.74) is -1.71. The Bertz CT molecular complexity index is 908. The molecule has 7 atom stereocenters. The molecule has 2 N–H and O–H groups in total. The molecule has 4 aliphatic rings. The fourth-order valence-electron chi connectivity index (χ4n) is 7.69. The number of carbonyl (C=O) groups is 4. The van der Waals surface area contributed by atoms with Crippen molar-refractivity contribution in [1.82, 2.24) is 0 Å². The number of ether oxygens (including phenoxy) is 1. The van der Waals surface area contributed by atoms with Crippen LogP contribution >= 0.6 is 0 Å². The Balaban J connectivity index is 1.53. The van der Waals surface area contributed by atoms with E-state index in [2.05, 4.69) is 6.92 Å². The third-order valence-electron chi connectivity index (χ3n) is 9.41. The maximum atomic E-state index is 13.1. The minimum absolute atomic E-state index is 0.0245. The highest BCUT2D eigenvalue weighted by atomic mass is 16.5. The largest absolute Gasteiger partial charge is 0.550 e. The average Bonchev–Trinajstić information content (AvgIpc) is 3.02. The van der Waals surface area contributed by atoms with E-state index >= 15 is 0 Å². The normalized spacial score (nSPS) is 41.9. The van der Waals surface area contributed by atoms with Crippen molar-refractivity contribution in [2.24, 2.45) is 28.6 Å². The number of fused-ring (bicyclic) bond motifs is 5. The molecule has 8 heteroatoms. The Kier molecular flexibility index (Phi) is 6.06. The van der Waals surface area contributed by atoms with Gasteiger partial charge in [0.25, 0.3) is 0 Å². The lowest BCUT2D eigenvalue weighted by atomic mass is 9.45. The smallest absolute Gasteiger partial charge is 0.306 e. The Morgan fingerprint density at radius 1 is 1.15 bits per heavy atom. The van der Waals surface area contributed by atoms with Gasteiger partial charge in [-0.15, -0.1) is 0 Å². The predicted octanol–water partition coefficient (Wildman–Crippen LogP) is 0.863. The quantitative estimate of drug-likeness (QED) is 0.555. The van der Waals surface area contributed by atoms with E-state index < -0.39 is 54.3 Å². The number of hydrogen-bond donors (Lipinski definition) is 2. The van der Waals surface area contributed by atoms with Gasteiger partial charge in [0, 0.05) is 17.8 Å². The van der Waals surface area contributed by atoms with Crippen molar-refractivity contribution in [3.05, 3.63) is 11.6 Å². The molecule has 0 spiro atoms. The first-order valence-electron chi connectivity index (χ1n) is 12.0. The second kappa shape index (κ2) is 8.31. The number of esters is 1. The highest BCUT2D eigenvalue weighted by Crippen LogP contribution is 2.67. The molecule has 4 aliphatic carbocycles. The van der Waals surface area contributed by atoms with Crippen LogP contribution in [0.5, 0.6) is 0 Å². The van der Waals surface area contributed by atoms with Crippen LogP contribution < -0.4 is 5.11 Å². The number of Topliss-reactive ketones (excluding diaryl/α,β-unsaturated/α-hetero) is 1. The molecule has 0 amide bonds. The number of carboxylic acids is 1. The summed E-state index contributed by atoms with van der Waals surface area (Å²) >= 11 is 0. The van der Waals surface area contributed by atoms with E-state index in [1.54, 1.807) is 6.08 Å². The Labute approximate surface area is 193 Å². The molecule has 3 fully saturated rings. The molecule has 0 aliphatic heterocycles. The molecule has 4 rings (SSSR count). The molecular weight excluding hydrogens is 428 g/mol. The molecule has 3 saturated carbocycles. The summed E-state index contributed by atoms with van der Waals surface area (Å²) < 4.78 is 4.95. The van der Waals surface area contributed by atoms with Gasteiger partial charge in [0.05, 0.1) is 12.5 Å². The zero-order valence-corrected chi connectivity index (χ0v) is 19.3. The molecule has 0 aromatic heterocycles. The topological polar surface area (TPSA) is 141 Å². The van der Waals surface area contributed by atoms with Crippen LogP contribution in [0.4, 0.5) is 0 Å². The summed E-state index contributed by atoms with van der Waals surface area (Å²) in [5.74, 6) is -2.53. The number of aliphatic carboxylic acids is 1. The van der Waals surface area contributed by atoms with E-state index in [0.717, 1.165) is 18.4 Å². The molecule has 0 bridgehead atoms. The average molecular weight is 462 g/mol. The van der Waals surface area contributed by atoms with Crippen LogP contribution in [0.3, 0.4) is 0 Å². The molecule has 0 saturated heterocycles. The van der Waals surface area contributed by atoms with Crippen molar-refractivity contribution in [3.8, 4) is 0 Å². The molecule has 0 unspecified atom stereocenters. The number of allylic oxidation sites excluding steroid dienone is 1. The second-order valence-corrected chi connectivity index (χ2v) is 10.9. The van der Waals surface area contributed by atoms with E-state index in [0.29, 0.717) is 19.3 Å². The highest BCUT2D eigenvalue weighted by molar-refractivity contribution is 5.92. The van der Waals surface area contributed by atoms with Crippen LogP contribution in [0.2, 0.25) is 0 Å². The summed E-state index contributed by atoms with van der Waals surface area (Å²) in [6.45, 7) is 3.38. The predicted molar refractivity (Wildman–Crippen MR) is 113 cm³/mol. The first-order chi connectivity index (χ1) is 15.4. The van der Waals surface area contributed by atoms with Crippen molar-refractivity contribution in [2.45, 2.75) is 83.3 Å². The number of carboxylic acid groups (broad SMARTS) is 1. The number of aliphatic hydroxyl groups excluding tert-OH is 1. The minimum atomic E-state index is -1.72. The first-order valence-corrected chi connectivity index (χ1v) is 12.0. The van der Waals surface area contributed by atoms with Gasteiger partial charge in [-0.1, -0.05) is 19.4 Å². The molecule has 33 heavy (non-hydrogen) atoms. The summed E-state index contributed by atoms with van der Waals surface area (Å²) in [4.78, 5) is 47.3. The summed E-state index contributed by atoms with van der Waals surface area (Å²) in [6, 6.07) is 0. The first kappa shape index (κ1) is 24.1. The Morgan fingerprint density at radius 2 is 1.88 bits per heavy atom. The van der Waals surface area contributed by atoms with Crippen molar-refractivity contribution in [3.63, 3.8) is 0 Å². The van der Waals surface area contributed by atoms with Gasteiger partial charge in [0.2, 0.25) is 5.78 Å². The van der Waals surface area contributed by atoms with Crippen molar-refractivity contribution in [2.75, 3.05) is 6.61 Å². The summed E-state index contributed by atoms with van der Waals surface area (Å²) in [5, 5.41) is 33.4. The van der Waals surface area contributed by atoms with Crippen LogP contribution in [0.25, 0.3) is 0 Å². The van der Waals surface area contributed by atoms with Gasteiger partial charge in [0.15, 0.2) is 12.4 Å². The molecule has 0 radical (unpaired) electrons. The number of carbonyl (C=O) groups excluding carboxylic acids is 4. The number of aliphatic hydroxyl groups is 2. The SMILES string of the molecule is C[C@]12CCC(=O)C=C1CC[C@@H]1[C@@H]2[C@H](O)C[C@@]2(C)[C@@H]1CC[C@]2(O)C(=O)COC(=O)CCC(=O)[O-]. The van der Waals surface area contributed by atoms with Gasteiger partial charge in [-0.05, 0) is 74.2 Å². The van der Waals surface area contributed by atoms with Gasteiger partial charge >= 0.3 is 5.97 Å². The van der Waals surface area contributed by atoms with Gasteiger partial charge in [-0.3, -0.25) is 14.4 Å². The molecule has 0 aromatic rings. The zero-order chi connectivity index (χ0) is 24.2. The van der Waals surface area contributed by atoms with E-state index in [9.17, 15) is 34.5 Å². The molecular formula is C25H33O8-. The third-order valence-corrected chi connectivity index (χ3v) is 9.41. The van der Waals surface area contributed by atoms with Gasteiger partial charge in [0.1, 0.15) is 5.60 Å². The lowest BCUT2D eigenvalue weighted by Crippen LogP contribution is -2.62. The standard InChI is InChI=1S/C25H34O8/c1-23-9-7-15(26)11-14(23)3-4-16-17-8-10-25(32,24(17,2)12-18(27)22(16)23)19(28)13-33-21(31)6-5-20(29)30/h11,16-18,22,27,32H,3-10,12-13H2,1-2H3,(H,29,30)/p-1/t16-,17+,18+,22+,23-,24-,25-/m0/s1. The van der Waals surface area contributed by atoms with E-state index in [4.69, 9.17) is 4.74 Å². The van der Waals surface area contributed by atoms with E-state index in [1.807, 2.05) is 6.92 Å². The van der Waals surface area contributed by atoms with Gasteiger partial charge in [-0.2, -0.15) is 0 Å². The van der Waals surface area contributed by atoms with E-state index in [1.165, 1.54) is 0 Å². The van der Waals surface area contributed by atoms with E-state index in [-0.39, 0.29) is 41.8 Å². The van der Waals surface area contributed by atoms with Crippen molar-refractivity contribution < 1.29 is 39.2 Å². The van der Waals surface area contributed by atoms with Crippen LogP contribution in [0.15, 0.2) is 11.6 Å². The van der Waals surface area contributed by atoms with Crippen LogP contribution in [0.1, 0.15) is 71.6 Å². The van der Waals surface area contributed by atoms with Crippen LogP contribution in [-0.2, 0) is 23.9 Å². The maximum absolute atomic E-state index is 13.1. The second-order valence-electron chi connectivity index (χ2n) is 10.9. The van der Waals surface area contributed by atoms with Crippen LogP contribution in [0, 0.1) is 28.6 Å². The number of hydrogen-bond acceptors (Lipinski definition) is 8. The number of rotatable bonds is 6. The van der Waals surface area contributed by atoms with Crippen molar-refractivity contribution in [1.29, 1.82) is 0 Å². The molecule has 182 valence electrons. The maximum Gasteiger partial charge on any atom is 0.306 e. The fourth-order valence-corrected chi connectivity index (χ4v) is 7.69. The molecule has 8 nitrogen and oxygen atoms in total. The summed E-state index contributed by atoms with van der Waals surface area (Å²) in [7, 11) is 0. The Morgan fingerprint density at radius 3 is 2.58 bits per heavy atom. The molecule has 0 heterocycles. The lowest BCUT2D eigenvalue weighted by Gasteiger charge is -2.60. The van der Waals surface area contributed by atoms with Crippen molar-refractivity contribution >= 4 is 23.5 Å². The summed E-state index contributed by atoms with van der Waals surface area (Å²) in [6.07, 6.45) is 4.07. The zero-order valence-electron chi connectivity index (χ0n) is 19.3. The minimum Gasteiger partial charge on any atom is -0.550 e. The van der Waals surface area contributed by atoms with Gasteiger partial charge in [-0.25, -0.2) is 0 Å². The number of ketones is 2. The highest BCUT2D eigenvalue weighted by Gasteiger charge is 2.68. The third kappa shape index (κ3) is 3.75. The van der Waals surface area contributed by atoms with Gasteiger partial charge < -0.3 is 24.9 Å². The van der Waals surface area contributed by atoms with Crippen LogP contribution in [-0.4, -0.2) is 52.0 Å². The monoisotopic (exact) mass is 461 g/mol. The Hall–Kier alpha value is -2.06. The molecule has 0 aromatic carbocycles. The lowest BCUT2D eigenvalue weighted by molar-refractivity contribution is -0.305. The fraction of sp³-hybridized carbons (Fsp3) is 0.760.